The van der Waals surface area contributed by atoms with E-state index in [0.29, 0.717) is 37.6 Å². The first kappa shape index (κ1) is 18.1. The van der Waals surface area contributed by atoms with Crippen LogP contribution in [0.2, 0.25) is 0 Å². The van der Waals surface area contributed by atoms with Crippen LogP contribution in [0.4, 0.5) is 11.6 Å². The fourth-order valence-corrected chi connectivity index (χ4v) is 3.26. The average Bonchev–Trinajstić information content (AvgIpc) is 2.81. The maximum absolute atomic E-state index is 12.0. The number of nitro groups is 1. The van der Waals surface area contributed by atoms with Gasteiger partial charge in [-0.05, 0) is 31.3 Å². The molecule has 0 unspecified atom stereocenters. The number of pyridine rings is 1. The zero-order chi connectivity index (χ0) is 18.7. The highest BCUT2D eigenvalue weighted by Gasteiger charge is 2.28. The Hall–Kier alpha value is -2.68. The normalized spacial score (nSPS) is 16.0. The Labute approximate surface area is 151 Å². The van der Waals surface area contributed by atoms with Crippen molar-refractivity contribution in [1.82, 2.24) is 19.6 Å². The third-order valence-electron chi connectivity index (χ3n) is 4.36. The van der Waals surface area contributed by atoms with Crippen LogP contribution in [0.5, 0.6) is 0 Å². The molecule has 1 amide bonds. The van der Waals surface area contributed by atoms with Gasteiger partial charge in [0.15, 0.2) is 0 Å². The second-order valence-electron chi connectivity index (χ2n) is 6.78. The van der Waals surface area contributed by atoms with Gasteiger partial charge in [0.25, 0.3) is 0 Å². The minimum atomic E-state index is -0.381. The Morgan fingerprint density at radius 3 is 2.85 bits per heavy atom. The number of hydrogen-bond acceptors (Lipinski definition) is 6. The summed E-state index contributed by atoms with van der Waals surface area (Å²) in [6.45, 7) is 6.93. The Balaban J connectivity index is 1.75. The lowest BCUT2D eigenvalue weighted by molar-refractivity contribution is -0.389. The predicted molar refractivity (Wildman–Crippen MR) is 98.4 cm³/mol. The van der Waals surface area contributed by atoms with Crippen molar-refractivity contribution in [2.45, 2.75) is 26.3 Å². The van der Waals surface area contributed by atoms with Crippen molar-refractivity contribution in [1.29, 1.82) is 0 Å². The molecule has 2 aromatic rings. The van der Waals surface area contributed by atoms with E-state index in [9.17, 15) is 14.9 Å². The van der Waals surface area contributed by atoms with Gasteiger partial charge < -0.3 is 20.3 Å². The van der Waals surface area contributed by atoms with E-state index < -0.39 is 0 Å². The molecule has 3 heterocycles. The maximum atomic E-state index is 12.0. The topological polar surface area (TPSA) is 96.0 Å². The van der Waals surface area contributed by atoms with E-state index in [1.54, 1.807) is 18.3 Å². The maximum Gasteiger partial charge on any atom is 0.372 e. The summed E-state index contributed by atoms with van der Waals surface area (Å²) in [5, 5.41) is 14.5. The van der Waals surface area contributed by atoms with E-state index in [1.165, 1.54) is 4.40 Å². The smallest absolute Gasteiger partial charge is 0.358 e. The van der Waals surface area contributed by atoms with Gasteiger partial charge in [0.2, 0.25) is 17.4 Å². The van der Waals surface area contributed by atoms with Gasteiger partial charge in [0.05, 0.1) is 12.7 Å². The van der Waals surface area contributed by atoms with Gasteiger partial charge in [-0.3, -0.25) is 9.69 Å². The third-order valence-corrected chi connectivity index (χ3v) is 4.36. The van der Waals surface area contributed by atoms with Crippen molar-refractivity contribution in [2.24, 2.45) is 0 Å². The van der Waals surface area contributed by atoms with Gasteiger partial charge in [-0.15, -0.1) is 0 Å². The number of nitrogens with one attached hydrogen (secondary N) is 1. The van der Waals surface area contributed by atoms with Crippen molar-refractivity contribution in [3.63, 3.8) is 0 Å². The first-order valence-electron chi connectivity index (χ1n) is 8.84. The van der Waals surface area contributed by atoms with E-state index in [0.717, 1.165) is 13.0 Å². The number of fused-ring (bicyclic) bond motifs is 1. The molecule has 0 saturated carbocycles. The monoisotopic (exact) mass is 360 g/mol. The molecule has 1 saturated heterocycles. The molecule has 9 nitrogen and oxygen atoms in total. The van der Waals surface area contributed by atoms with Gasteiger partial charge in [-0.1, -0.05) is 6.07 Å². The molecule has 0 atom stereocenters. The van der Waals surface area contributed by atoms with Crippen LogP contribution in [-0.4, -0.2) is 63.9 Å². The van der Waals surface area contributed by atoms with Crippen LogP contribution in [0.15, 0.2) is 24.4 Å². The van der Waals surface area contributed by atoms with E-state index >= 15 is 0 Å². The first-order valence-corrected chi connectivity index (χ1v) is 8.84. The lowest BCUT2D eigenvalue weighted by atomic mass is 10.3. The summed E-state index contributed by atoms with van der Waals surface area (Å²) in [5.74, 6) is 0.397. The van der Waals surface area contributed by atoms with Crippen molar-refractivity contribution < 1.29 is 9.72 Å². The molecule has 0 radical (unpaired) electrons. The third kappa shape index (κ3) is 3.93. The first-order chi connectivity index (χ1) is 12.5. The van der Waals surface area contributed by atoms with Crippen LogP contribution in [0.3, 0.4) is 0 Å². The molecule has 26 heavy (non-hydrogen) atoms. The molecular weight excluding hydrogens is 336 g/mol. The summed E-state index contributed by atoms with van der Waals surface area (Å²) in [7, 11) is 0. The number of nitrogens with zero attached hydrogens (tertiary/aromatic N) is 5. The lowest BCUT2D eigenvalue weighted by Gasteiger charge is -2.21. The Bertz CT molecular complexity index is 803. The Morgan fingerprint density at radius 2 is 2.12 bits per heavy atom. The fraction of sp³-hybridized carbons (Fsp3) is 0.529. The summed E-state index contributed by atoms with van der Waals surface area (Å²) in [6, 6.07) is 5.44. The highest BCUT2D eigenvalue weighted by atomic mass is 16.6. The number of carbonyl (C=O) groups is 1. The van der Waals surface area contributed by atoms with Gasteiger partial charge in [-0.2, -0.15) is 9.38 Å². The zero-order valence-electron chi connectivity index (χ0n) is 15.1. The van der Waals surface area contributed by atoms with Gasteiger partial charge in [0, 0.05) is 38.3 Å². The van der Waals surface area contributed by atoms with E-state index in [4.69, 9.17) is 0 Å². The molecule has 1 fully saturated rings. The van der Waals surface area contributed by atoms with Crippen LogP contribution >= 0.6 is 0 Å². The quantitative estimate of drug-likeness (QED) is 0.637. The van der Waals surface area contributed by atoms with E-state index in [2.05, 4.69) is 15.2 Å². The summed E-state index contributed by atoms with van der Waals surface area (Å²) in [6.07, 6.45) is 2.48. The minimum absolute atomic E-state index is 0.00663. The second-order valence-corrected chi connectivity index (χ2v) is 6.78. The molecule has 0 aromatic carbocycles. The Kier molecular flexibility index (Phi) is 5.36. The lowest BCUT2D eigenvalue weighted by Crippen LogP contribution is -2.41. The van der Waals surface area contributed by atoms with Crippen LogP contribution in [-0.2, 0) is 4.79 Å². The number of hydrogen-bond donors (Lipinski definition) is 1. The molecular formula is C17H24N6O3. The molecule has 3 rings (SSSR count). The number of aromatic nitrogens is 2. The van der Waals surface area contributed by atoms with E-state index in [-0.39, 0.29) is 22.7 Å². The molecule has 1 N–H and O–H groups in total. The molecule has 140 valence electrons. The summed E-state index contributed by atoms with van der Waals surface area (Å²) in [5.41, 5.74) is 0.562. The van der Waals surface area contributed by atoms with Crippen LogP contribution in [0, 0.1) is 10.1 Å². The fourth-order valence-electron chi connectivity index (χ4n) is 3.26. The van der Waals surface area contributed by atoms with Crippen molar-refractivity contribution in [3.8, 4) is 0 Å². The summed E-state index contributed by atoms with van der Waals surface area (Å²) >= 11 is 0. The zero-order valence-corrected chi connectivity index (χ0v) is 15.1. The second kappa shape index (κ2) is 7.69. The van der Waals surface area contributed by atoms with Gasteiger partial charge in [0.1, 0.15) is 0 Å². The minimum Gasteiger partial charge on any atom is -0.358 e. The SMILES string of the molecule is CC(C)NC(=O)CN1CCCN(c2nc3ccccn3c2[N+](=O)[O-])CC1. The van der Waals surface area contributed by atoms with Crippen molar-refractivity contribution in [3.05, 3.63) is 34.5 Å². The van der Waals surface area contributed by atoms with Crippen LogP contribution < -0.4 is 10.2 Å². The summed E-state index contributed by atoms with van der Waals surface area (Å²) < 4.78 is 1.51. The number of rotatable bonds is 5. The van der Waals surface area contributed by atoms with Crippen LogP contribution in [0.1, 0.15) is 20.3 Å². The largest absolute Gasteiger partial charge is 0.372 e. The highest BCUT2D eigenvalue weighted by Crippen LogP contribution is 2.29. The molecule has 9 heteroatoms. The molecule has 0 bridgehead atoms. The number of amides is 1. The highest BCUT2D eigenvalue weighted by molar-refractivity contribution is 5.78. The summed E-state index contributed by atoms with van der Waals surface area (Å²) in [4.78, 5) is 31.7. The van der Waals surface area contributed by atoms with Crippen LogP contribution in [0.25, 0.3) is 5.65 Å². The van der Waals surface area contributed by atoms with Gasteiger partial charge >= 0.3 is 5.82 Å². The number of anilines is 1. The number of carbonyl (C=O) groups excluding carboxylic acids is 1. The predicted octanol–water partition coefficient (Wildman–Crippen LogP) is 1.28. The molecule has 1 aliphatic rings. The molecule has 0 aliphatic carbocycles. The molecule has 2 aromatic heterocycles. The van der Waals surface area contributed by atoms with Crippen molar-refractivity contribution in [2.75, 3.05) is 37.6 Å². The average molecular weight is 360 g/mol. The van der Waals surface area contributed by atoms with Crippen molar-refractivity contribution >= 4 is 23.2 Å². The number of imidazole rings is 1. The van der Waals surface area contributed by atoms with E-state index in [1.807, 2.05) is 24.8 Å². The van der Waals surface area contributed by atoms with Gasteiger partial charge in [-0.25, -0.2) is 0 Å². The Morgan fingerprint density at radius 1 is 1.31 bits per heavy atom. The molecule has 0 spiro atoms. The molecule has 1 aliphatic heterocycles. The standard InChI is InChI=1S/C17H24N6O3/c1-13(2)18-15(24)12-20-7-5-8-21(11-10-20)16-17(23(25)26)22-9-4-3-6-14(22)19-16/h3-4,6,9,13H,5,7-8,10-12H2,1-2H3,(H,18,24).